The number of carbonyl (C=O) groups excluding carboxylic acids is 1. The van der Waals surface area contributed by atoms with Gasteiger partial charge in [-0.25, -0.2) is 0 Å². The van der Waals surface area contributed by atoms with Gasteiger partial charge in [0.1, 0.15) is 11.3 Å². The standard InChI is InChI=1S/C15H18N2O2S/c16-11-15(7-2-1-3-8-15)17-14(19)10-20-13-6-4-5-12(18)9-13/h4-6,9,18H,1-3,7-8,10H2,(H,17,19). The van der Waals surface area contributed by atoms with E-state index < -0.39 is 5.54 Å². The predicted octanol–water partition coefficient (Wildman–Crippen LogP) is 2.83. The molecule has 1 fully saturated rings. The van der Waals surface area contributed by atoms with Crippen molar-refractivity contribution in [2.75, 3.05) is 5.75 Å². The Labute approximate surface area is 123 Å². The molecule has 1 aliphatic carbocycles. The van der Waals surface area contributed by atoms with Crippen LogP contribution in [-0.4, -0.2) is 22.3 Å². The van der Waals surface area contributed by atoms with E-state index in [2.05, 4.69) is 11.4 Å². The third kappa shape index (κ3) is 3.91. The molecule has 0 radical (unpaired) electrons. The van der Waals surface area contributed by atoms with Crippen LogP contribution in [0.5, 0.6) is 5.75 Å². The lowest BCUT2D eigenvalue weighted by Crippen LogP contribution is -2.49. The van der Waals surface area contributed by atoms with Crippen LogP contribution in [0.25, 0.3) is 0 Å². The van der Waals surface area contributed by atoms with Crippen LogP contribution in [0.4, 0.5) is 0 Å². The Morgan fingerprint density at radius 2 is 2.15 bits per heavy atom. The molecule has 0 atom stereocenters. The van der Waals surface area contributed by atoms with Gasteiger partial charge in [0.15, 0.2) is 0 Å². The van der Waals surface area contributed by atoms with Crippen molar-refractivity contribution in [3.05, 3.63) is 24.3 Å². The van der Waals surface area contributed by atoms with Gasteiger partial charge < -0.3 is 10.4 Å². The molecule has 0 unspecified atom stereocenters. The minimum absolute atomic E-state index is 0.123. The van der Waals surface area contributed by atoms with E-state index in [1.807, 2.05) is 6.07 Å². The van der Waals surface area contributed by atoms with E-state index in [4.69, 9.17) is 0 Å². The normalized spacial score (nSPS) is 17.1. The molecule has 0 spiro atoms. The third-order valence-electron chi connectivity index (χ3n) is 3.49. The molecular weight excluding hydrogens is 272 g/mol. The number of amides is 1. The first-order valence-electron chi connectivity index (χ1n) is 6.78. The Hall–Kier alpha value is -1.67. The molecule has 0 aromatic heterocycles. The second-order valence-corrected chi connectivity index (χ2v) is 6.14. The summed E-state index contributed by atoms with van der Waals surface area (Å²) in [4.78, 5) is 12.8. The Bertz CT molecular complexity index is 519. The number of phenolic OH excluding ortho intramolecular Hbond substituents is 1. The van der Waals surface area contributed by atoms with Gasteiger partial charge in [-0.1, -0.05) is 25.3 Å². The van der Waals surface area contributed by atoms with Crippen LogP contribution in [0.2, 0.25) is 0 Å². The number of nitrogens with zero attached hydrogens (tertiary/aromatic N) is 1. The molecule has 20 heavy (non-hydrogen) atoms. The molecule has 1 saturated carbocycles. The van der Waals surface area contributed by atoms with Gasteiger partial charge >= 0.3 is 0 Å². The van der Waals surface area contributed by atoms with Crippen LogP contribution in [0.3, 0.4) is 0 Å². The molecule has 0 bridgehead atoms. The van der Waals surface area contributed by atoms with Crippen LogP contribution in [0.1, 0.15) is 32.1 Å². The minimum Gasteiger partial charge on any atom is -0.508 e. The third-order valence-corrected chi connectivity index (χ3v) is 4.48. The van der Waals surface area contributed by atoms with E-state index in [0.29, 0.717) is 0 Å². The van der Waals surface area contributed by atoms with Crippen molar-refractivity contribution in [2.45, 2.75) is 42.5 Å². The molecule has 0 heterocycles. The number of phenols is 1. The maximum absolute atomic E-state index is 12.0. The molecule has 1 aliphatic rings. The second-order valence-electron chi connectivity index (χ2n) is 5.09. The van der Waals surface area contributed by atoms with E-state index in [9.17, 15) is 15.2 Å². The molecule has 106 valence electrons. The smallest absolute Gasteiger partial charge is 0.231 e. The van der Waals surface area contributed by atoms with Crippen molar-refractivity contribution in [1.29, 1.82) is 5.26 Å². The molecule has 1 aromatic carbocycles. The first-order valence-corrected chi connectivity index (χ1v) is 7.76. The van der Waals surface area contributed by atoms with Crippen LogP contribution >= 0.6 is 11.8 Å². The van der Waals surface area contributed by atoms with E-state index in [1.54, 1.807) is 18.2 Å². The lowest BCUT2D eigenvalue weighted by molar-refractivity contribution is -0.120. The van der Waals surface area contributed by atoms with Crippen LogP contribution < -0.4 is 5.32 Å². The summed E-state index contributed by atoms with van der Waals surface area (Å²) in [6.07, 6.45) is 4.61. The first kappa shape index (κ1) is 14.7. The van der Waals surface area contributed by atoms with Gasteiger partial charge in [-0.05, 0) is 31.0 Å². The largest absolute Gasteiger partial charge is 0.508 e. The maximum Gasteiger partial charge on any atom is 0.231 e. The minimum atomic E-state index is -0.672. The van der Waals surface area contributed by atoms with E-state index in [1.165, 1.54) is 11.8 Å². The second kappa shape index (κ2) is 6.67. The van der Waals surface area contributed by atoms with Gasteiger partial charge in [0, 0.05) is 4.90 Å². The summed E-state index contributed by atoms with van der Waals surface area (Å²) in [5.41, 5.74) is -0.672. The highest BCUT2D eigenvalue weighted by Crippen LogP contribution is 2.28. The van der Waals surface area contributed by atoms with E-state index in [0.717, 1.165) is 37.0 Å². The van der Waals surface area contributed by atoms with Crippen LogP contribution in [-0.2, 0) is 4.79 Å². The molecule has 0 saturated heterocycles. The van der Waals surface area contributed by atoms with Gasteiger partial charge in [-0.15, -0.1) is 11.8 Å². The van der Waals surface area contributed by atoms with Crippen LogP contribution in [0, 0.1) is 11.3 Å². The summed E-state index contributed by atoms with van der Waals surface area (Å²) in [6, 6.07) is 9.08. The predicted molar refractivity (Wildman–Crippen MR) is 78.4 cm³/mol. The average Bonchev–Trinajstić information content (AvgIpc) is 2.46. The van der Waals surface area contributed by atoms with E-state index >= 15 is 0 Å². The number of carbonyl (C=O) groups is 1. The SMILES string of the molecule is N#CC1(NC(=O)CSc2cccc(O)c2)CCCCC1. The molecular formula is C15H18N2O2S. The molecule has 2 N–H and O–H groups in total. The van der Waals surface area contributed by atoms with Gasteiger partial charge in [-0.3, -0.25) is 4.79 Å². The first-order chi connectivity index (χ1) is 9.63. The number of rotatable bonds is 4. The topological polar surface area (TPSA) is 73.1 Å². The number of hydrogen-bond donors (Lipinski definition) is 2. The number of nitriles is 1. The zero-order chi connectivity index (χ0) is 14.4. The molecule has 5 heteroatoms. The summed E-state index contributed by atoms with van der Waals surface area (Å²) >= 11 is 1.36. The fraction of sp³-hybridized carbons (Fsp3) is 0.467. The summed E-state index contributed by atoms with van der Waals surface area (Å²) in [5, 5.41) is 21.6. The molecule has 2 rings (SSSR count). The molecule has 1 aromatic rings. The maximum atomic E-state index is 12.0. The summed E-state index contributed by atoms with van der Waals surface area (Å²) in [6.45, 7) is 0. The molecule has 0 aliphatic heterocycles. The summed E-state index contributed by atoms with van der Waals surface area (Å²) in [7, 11) is 0. The van der Waals surface area contributed by atoms with Crippen molar-refractivity contribution in [3.63, 3.8) is 0 Å². The van der Waals surface area contributed by atoms with Crippen molar-refractivity contribution >= 4 is 17.7 Å². The number of aromatic hydroxyl groups is 1. The quantitative estimate of drug-likeness (QED) is 0.836. The molecule has 4 nitrogen and oxygen atoms in total. The van der Waals surface area contributed by atoms with E-state index in [-0.39, 0.29) is 17.4 Å². The van der Waals surface area contributed by atoms with Crippen LogP contribution in [0.15, 0.2) is 29.2 Å². The highest BCUT2D eigenvalue weighted by molar-refractivity contribution is 8.00. The Morgan fingerprint density at radius 3 is 2.80 bits per heavy atom. The Morgan fingerprint density at radius 1 is 1.40 bits per heavy atom. The number of benzene rings is 1. The Balaban J connectivity index is 1.87. The fourth-order valence-electron chi connectivity index (χ4n) is 2.45. The van der Waals surface area contributed by atoms with Crippen molar-refractivity contribution in [1.82, 2.24) is 5.32 Å². The lowest BCUT2D eigenvalue weighted by Gasteiger charge is -2.31. The monoisotopic (exact) mass is 290 g/mol. The highest BCUT2D eigenvalue weighted by Gasteiger charge is 2.33. The zero-order valence-electron chi connectivity index (χ0n) is 11.3. The van der Waals surface area contributed by atoms with Crippen molar-refractivity contribution in [2.24, 2.45) is 0 Å². The number of thioether (sulfide) groups is 1. The number of nitrogens with one attached hydrogen (secondary N) is 1. The number of hydrogen-bond acceptors (Lipinski definition) is 4. The Kier molecular flexibility index (Phi) is 4.91. The zero-order valence-corrected chi connectivity index (χ0v) is 12.1. The van der Waals surface area contributed by atoms with Gasteiger partial charge in [0.2, 0.25) is 5.91 Å². The highest BCUT2D eigenvalue weighted by atomic mass is 32.2. The van der Waals surface area contributed by atoms with Gasteiger partial charge in [0.25, 0.3) is 0 Å². The lowest BCUT2D eigenvalue weighted by atomic mass is 9.83. The van der Waals surface area contributed by atoms with Crippen molar-refractivity contribution in [3.8, 4) is 11.8 Å². The van der Waals surface area contributed by atoms with Gasteiger partial charge in [0.05, 0.1) is 11.8 Å². The summed E-state index contributed by atoms with van der Waals surface area (Å²) in [5.74, 6) is 0.324. The van der Waals surface area contributed by atoms with Gasteiger partial charge in [-0.2, -0.15) is 5.26 Å². The fourth-order valence-corrected chi connectivity index (χ4v) is 3.19. The average molecular weight is 290 g/mol. The van der Waals surface area contributed by atoms with Crippen molar-refractivity contribution < 1.29 is 9.90 Å². The summed E-state index contributed by atoms with van der Waals surface area (Å²) < 4.78 is 0. The molecule has 1 amide bonds.